The molecule has 1 fully saturated rings. The number of carbonyl (C=O) groups excluding carboxylic acids is 2. The molecular weight excluding hydrogens is 1130 g/mol. The van der Waals surface area contributed by atoms with Crippen molar-refractivity contribution >= 4 is 11.9 Å². The summed E-state index contributed by atoms with van der Waals surface area (Å²) < 4.78 is 16.8. The molecule has 0 radical (unpaired) electrons. The van der Waals surface area contributed by atoms with Gasteiger partial charge in [0.15, 0.2) is 6.29 Å². The van der Waals surface area contributed by atoms with E-state index >= 15 is 0 Å². The minimum Gasteiger partial charge on any atom is -0.466 e. The van der Waals surface area contributed by atoms with Gasteiger partial charge in [-0.3, -0.25) is 9.59 Å². The molecule has 1 amide bonds. The molecule has 7 unspecified atom stereocenters. The molecule has 91 heavy (non-hydrogen) atoms. The van der Waals surface area contributed by atoms with E-state index < -0.39 is 49.5 Å². The first kappa shape index (κ1) is 86.9. The summed E-state index contributed by atoms with van der Waals surface area (Å²) >= 11 is 0. The molecule has 0 aromatic carbocycles. The SMILES string of the molecule is CCCCCCCCCCCCCC/C=C/C(O)C(COC1OC(CO)C(O)C(O)C1O)NC(=O)CCCCCCCCCCCCCCCCCCC/C=C\C/C=C\CCCCCCCCCCCCCCCOC(=O)CCCCCCCCCCCCCC. The molecule has 1 aliphatic rings. The van der Waals surface area contributed by atoms with Gasteiger partial charge < -0.3 is 45.1 Å². The summed E-state index contributed by atoms with van der Waals surface area (Å²) in [6.45, 7) is 4.40. The number of esters is 1. The Morgan fingerprint density at radius 2 is 0.736 bits per heavy atom. The van der Waals surface area contributed by atoms with Crippen LogP contribution in [-0.2, 0) is 23.8 Å². The van der Waals surface area contributed by atoms with Crippen molar-refractivity contribution < 1.29 is 49.3 Å². The lowest BCUT2D eigenvalue weighted by atomic mass is 9.99. The quantitative estimate of drug-likeness (QED) is 0.0195. The van der Waals surface area contributed by atoms with E-state index in [9.17, 15) is 35.1 Å². The van der Waals surface area contributed by atoms with Gasteiger partial charge in [-0.25, -0.2) is 0 Å². The maximum atomic E-state index is 13.1. The lowest BCUT2D eigenvalue weighted by Gasteiger charge is -2.40. The van der Waals surface area contributed by atoms with Crippen LogP contribution in [0.5, 0.6) is 0 Å². The number of rotatable bonds is 71. The van der Waals surface area contributed by atoms with E-state index in [0.29, 0.717) is 19.4 Å². The van der Waals surface area contributed by atoms with Crippen LogP contribution in [0.25, 0.3) is 0 Å². The first-order valence-electron chi connectivity index (χ1n) is 39.8. The van der Waals surface area contributed by atoms with Crippen LogP contribution >= 0.6 is 0 Å². The fourth-order valence-corrected chi connectivity index (χ4v) is 12.8. The fourth-order valence-electron chi connectivity index (χ4n) is 12.8. The summed E-state index contributed by atoms with van der Waals surface area (Å²) in [5, 5.41) is 54.6. The Labute approximate surface area is 562 Å². The predicted molar refractivity (Wildman–Crippen MR) is 384 cm³/mol. The van der Waals surface area contributed by atoms with Gasteiger partial charge in [-0.1, -0.05) is 359 Å². The maximum Gasteiger partial charge on any atom is 0.305 e. The first-order valence-corrected chi connectivity index (χ1v) is 39.8. The predicted octanol–water partition coefficient (Wildman–Crippen LogP) is 21.3. The summed E-state index contributed by atoms with van der Waals surface area (Å²) in [4.78, 5) is 25.1. The normalized spacial score (nSPS) is 17.7. The highest BCUT2D eigenvalue weighted by Gasteiger charge is 2.44. The van der Waals surface area contributed by atoms with Gasteiger partial charge in [0.2, 0.25) is 5.91 Å². The average molecular weight is 1290 g/mol. The second kappa shape index (κ2) is 69.2. The van der Waals surface area contributed by atoms with Gasteiger partial charge in [0.25, 0.3) is 0 Å². The number of nitrogens with one attached hydrogen (secondary N) is 1. The highest BCUT2D eigenvalue weighted by Crippen LogP contribution is 2.24. The Bertz CT molecular complexity index is 1610. The molecule has 0 aromatic heterocycles. The van der Waals surface area contributed by atoms with Crippen molar-refractivity contribution in [2.24, 2.45) is 0 Å². The number of hydrogen-bond acceptors (Lipinski definition) is 10. The fraction of sp³-hybridized carbons (Fsp3) is 0.900. The number of hydrogen-bond donors (Lipinski definition) is 6. The zero-order valence-electron chi connectivity index (χ0n) is 59.8. The molecule has 7 atom stereocenters. The Hall–Kier alpha value is -2.12. The molecule has 0 aliphatic carbocycles. The van der Waals surface area contributed by atoms with E-state index in [0.717, 1.165) is 57.8 Å². The largest absolute Gasteiger partial charge is 0.466 e. The molecule has 1 rings (SSSR count). The zero-order chi connectivity index (χ0) is 65.8. The topological polar surface area (TPSA) is 175 Å². The number of amides is 1. The molecule has 11 heteroatoms. The number of aliphatic hydroxyl groups is 5. The summed E-state index contributed by atoms with van der Waals surface area (Å²) in [5.41, 5.74) is 0. The van der Waals surface area contributed by atoms with Crippen molar-refractivity contribution in [1.29, 1.82) is 0 Å². The van der Waals surface area contributed by atoms with Crippen molar-refractivity contribution in [3.63, 3.8) is 0 Å². The Balaban J connectivity index is 1.93. The lowest BCUT2D eigenvalue weighted by molar-refractivity contribution is -0.302. The number of ether oxygens (including phenoxy) is 3. The van der Waals surface area contributed by atoms with Crippen LogP contribution in [-0.4, -0.2) is 100 Å². The molecule has 6 N–H and O–H groups in total. The Morgan fingerprint density at radius 1 is 0.407 bits per heavy atom. The summed E-state index contributed by atoms with van der Waals surface area (Å²) in [5.74, 6) is -0.162. The molecule has 0 bridgehead atoms. The van der Waals surface area contributed by atoms with Crippen LogP contribution in [0.15, 0.2) is 36.5 Å². The van der Waals surface area contributed by atoms with Crippen molar-refractivity contribution in [2.75, 3.05) is 19.8 Å². The van der Waals surface area contributed by atoms with Crippen molar-refractivity contribution in [1.82, 2.24) is 5.32 Å². The summed E-state index contributed by atoms with van der Waals surface area (Å²) in [7, 11) is 0. The van der Waals surface area contributed by atoms with Crippen molar-refractivity contribution in [3.8, 4) is 0 Å². The first-order chi connectivity index (χ1) is 44.7. The summed E-state index contributed by atoms with van der Waals surface area (Å²) in [6, 6.07) is -0.808. The Morgan fingerprint density at radius 3 is 1.11 bits per heavy atom. The van der Waals surface area contributed by atoms with Gasteiger partial charge in [-0.2, -0.15) is 0 Å². The van der Waals surface area contributed by atoms with Gasteiger partial charge in [0.1, 0.15) is 24.4 Å². The van der Waals surface area contributed by atoms with Gasteiger partial charge in [0.05, 0.1) is 32.0 Å². The number of allylic oxidation sites excluding steroid dienone is 5. The third-order valence-corrected chi connectivity index (χ3v) is 19.0. The number of aliphatic hydroxyl groups excluding tert-OH is 5. The van der Waals surface area contributed by atoms with Crippen LogP contribution in [0, 0.1) is 0 Å². The van der Waals surface area contributed by atoms with Gasteiger partial charge >= 0.3 is 5.97 Å². The van der Waals surface area contributed by atoms with Crippen LogP contribution in [0.1, 0.15) is 399 Å². The van der Waals surface area contributed by atoms with Gasteiger partial charge in [-0.05, 0) is 64.2 Å². The molecular formula is C80H151NO10. The maximum absolute atomic E-state index is 13.1. The second-order valence-electron chi connectivity index (χ2n) is 27.8. The number of unbranched alkanes of at least 4 members (excludes halogenated alkanes) is 53. The lowest BCUT2D eigenvalue weighted by Crippen LogP contribution is -2.60. The van der Waals surface area contributed by atoms with Crippen LogP contribution < -0.4 is 5.32 Å². The molecule has 0 spiro atoms. The van der Waals surface area contributed by atoms with E-state index in [1.807, 2.05) is 6.08 Å². The molecule has 1 saturated heterocycles. The van der Waals surface area contributed by atoms with Crippen molar-refractivity contribution in [3.05, 3.63) is 36.5 Å². The third kappa shape index (κ3) is 57.8. The van der Waals surface area contributed by atoms with Crippen LogP contribution in [0.4, 0.5) is 0 Å². The van der Waals surface area contributed by atoms with Gasteiger partial charge in [0, 0.05) is 12.8 Å². The molecule has 536 valence electrons. The van der Waals surface area contributed by atoms with E-state index in [1.54, 1.807) is 6.08 Å². The number of carbonyl (C=O) groups is 2. The van der Waals surface area contributed by atoms with E-state index in [1.165, 1.54) is 315 Å². The van der Waals surface area contributed by atoms with Crippen molar-refractivity contribution in [2.45, 2.75) is 442 Å². The average Bonchev–Trinajstić information content (AvgIpc) is 2.21. The highest BCUT2D eigenvalue weighted by molar-refractivity contribution is 5.76. The monoisotopic (exact) mass is 1290 g/mol. The minimum absolute atomic E-state index is 0.0139. The van der Waals surface area contributed by atoms with E-state index in [-0.39, 0.29) is 18.5 Å². The molecule has 1 heterocycles. The van der Waals surface area contributed by atoms with E-state index in [4.69, 9.17) is 14.2 Å². The molecule has 0 saturated carbocycles. The van der Waals surface area contributed by atoms with E-state index in [2.05, 4.69) is 43.5 Å². The summed E-state index contributed by atoms with van der Waals surface area (Å²) in [6.07, 6.45) is 80.2. The standard InChI is InChI=1S/C80H151NO10/c1-3-5-7-9-11-13-15-17-43-46-50-54-58-62-66-73(83)72(71-90-80-79(88)78(87)77(86)74(70-82)91-80)81-75(84)67-63-59-55-51-47-44-41-39-37-35-33-31-29-27-25-23-21-19-18-20-22-24-26-28-30-32-34-36-38-40-42-45-49-53-57-61-65-69-89-76(85)68-64-60-56-52-48-16-14-12-10-8-6-4-2/h18,20,24,26,62,66,72-74,77-80,82-83,86-88H,3-17,19,21-23,25,27-61,63-65,67-71H2,1-2H3,(H,81,84)/b20-18-,26-24-,66-62+. The highest BCUT2D eigenvalue weighted by atomic mass is 16.7. The second-order valence-corrected chi connectivity index (χ2v) is 27.8. The van der Waals surface area contributed by atoms with Crippen LogP contribution in [0.3, 0.4) is 0 Å². The Kier molecular flexibility index (Phi) is 66.1. The smallest absolute Gasteiger partial charge is 0.305 e. The van der Waals surface area contributed by atoms with Crippen LogP contribution in [0.2, 0.25) is 0 Å². The molecule has 0 aromatic rings. The minimum atomic E-state index is -1.57. The zero-order valence-corrected chi connectivity index (χ0v) is 59.8. The molecule has 11 nitrogen and oxygen atoms in total. The third-order valence-electron chi connectivity index (χ3n) is 19.0. The molecule has 1 aliphatic heterocycles. The van der Waals surface area contributed by atoms with Gasteiger partial charge in [-0.15, -0.1) is 0 Å².